The zero-order valence-electron chi connectivity index (χ0n) is 18.0. The average molecular weight is 426 g/mol. The zero-order valence-corrected chi connectivity index (χ0v) is 18.0. The van der Waals surface area contributed by atoms with Crippen LogP contribution in [-0.4, -0.2) is 61.1 Å². The Morgan fingerprint density at radius 2 is 1.97 bits per heavy atom. The van der Waals surface area contributed by atoms with Gasteiger partial charge in [0, 0.05) is 18.5 Å². The molecule has 0 saturated carbocycles. The Kier molecular flexibility index (Phi) is 6.25. The second-order valence-corrected chi connectivity index (χ2v) is 8.29. The number of ether oxygens (including phenoxy) is 1. The van der Waals surface area contributed by atoms with Gasteiger partial charge in [0.25, 0.3) is 11.7 Å². The Balaban J connectivity index is 1.65. The van der Waals surface area contributed by atoms with Gasteiger partial charge in [-0.2, -0.15) is 0 Å². The number of nitrogens with one attached hydrogen (secondary N) is 1. The number of carbonyl (C=O) groups is 2. The summed E-state index contributed by atoms with van der Waals surface area (Å²) < 4.78 is 11.0. The van der Waals surface area contributed by atoms with Gasteiger partial charge in [-0.1, -0.05) is 17.7 Å². The summed E-state index contributed by atoms with van der Waals surface area (Å²) in [7, 11) is 0. The number of quaternary nitrogens is 1. The van der Waals surface area contributed by atoms with Crippen LogP contribution in [0.25, 0.3) is 5.76 Å². The number of furan rings is 1. The van der Waals surface area contributed by atoms with Crippen molar-refractivity contribution in [2.24, 2.45) is 0 Å². The van der Waals surface area contributed by atoms with Gasteiger partial charge in [-0.3, -0.25) is 9.59 Å². The highest BCUT2D eigenvalue weighted by molar-refractivity contribution is 6.46. The molecule has 3 heterocycles. The number of Topliss-reactive ketones (excluding diaryl/α,β-unsaturated/α-hetero) is 1. The van der Waals surface area contributed by atoms with Crippen molar-refractivity contribution < 1.29 is 28.7 Å². The molecule has 1 aromatic carbocycles. The maximum absolute atomic E-state index is 13.0. The molecule has 0 spiro atoms. The molecule has 0 aliphatic carbocycles. The number of aliphatic hydroxyl groups excluding tert-OH is 1. The van der Waals surface area contributed by atoms with Gasteiger partial charge >= 0.3 is 0 Å². The van der Waals surface area contributed by atoms with Gasteiger partial charge in [0.05, 0.1) is 31.6 Å². The van der Waals surface area contributed by atoms with Crippen molar-refractivity contribution >= 4 is 17.4 Å². The fourth-order valence-electron chi connectivity index (χ4n) is 4.40. The molecule has 1 amide bonds. The van der Waals surface area contributed by atoms with Crippen LogP contribution in [0.15, 0.2) is 46.6 Å². The molecule has 2 saturated heterocycles. The van der Waals surface area contributed by atoms with Crippen LogP contribution in [0, 0.1) is 13.8 Å². The van der Waals surface area contributed by atoms with Crippen molar-refractivity contribution in [3.05, 3.63) is 64.6 Å². The first-order valence-corrected chi connectivity index (χ1v) is 10.8. The molecular weight excluding hydrogens is 396 g/mol. The molecule has 31 heavy (non-hydrogen) atoms. The molecule has 4 rings (SSSR count). The fourth-order valence-corrected chi connectivity index (χ4v) is 4.40. The SMILES string of the molecule is Cc1ccc(C)c(C(O)=C2C(=O)C(=O)N(CCC[NH+]3CCOCC3)[C@H]2c2ccco2)c1. The molecule has 2 fully saturated rings. The van der Waals surface area contributed by atoms with Crippen LogP contribution in [0.2, 0.25) is 0 Å². The van der Waals surface area contributed by atoms with Crippen molar-refractivity contribution in [3.63, 3.8) is 0 Å². The van der Waals surface area contributed by atoms with E-state index >= 15 is 0 Å². The fraction of sp³-hybridized carbons (Fsp3) is 0.417. The van der Waals surface area contributed by atoms with Crippen LogP contribution in [0.4, 0.5) is 0 Å². The number of carbonyl (C=O) groups excluding carboxylic acids is 2. The van der Waals surface area contributed by atoms with E-state index in [4.69, 9.17) is 9.15 Å². The van der Waals surface area contributed by atoms with E-state index in [-0.39, 0.29) is 11.3 Å². The highest BCUT2D eigenvalue weighted by Gasteiger charge is 2.47. The number of rotatable bonds is 6. The third-order valence-electron chi connectivity index (χ3n) is 6.13. The Labute approximate surface area is 181 Å². The minimum Gasteiger partial charge on any atom is -0.507 e. The quantitative estimate of drug-likeness (QED) is 0.418. The third-order valence-corrected chi connectivity index (χ3v) is 6.13. The number of aryl methyl sites for hydroxylation is 2. The summed E-state index contributed by atoms with van der Waals surface area (Å²) in [4.78, 5) is 29.0. The lowest BCUT2D eigenvalue weighted by molar-refractivity contribution is -0.908. The van der Waals surface area contributed by atoms with Gasteiger partial charge in [0.1, 0.15) is 30.7 Å². The molecule has 2 N–H and O–H groups in total. The maximum atomic E-state index is 13.0. The second kappa shape index (κ2) is 9.08. The van der Waals surface area contributed by atoms with Crippen LogP contribution < -0.4 is 4.90 Å². The van der Waals surface area contributed by atoms with E-state index in [1.54, 1.807) is 12.1 Å². The van der Waals surface area contributed by atoms with Crippen molar-refractivity contribution in [3.8, 4) is 0 Å². The first kappa shape index (κ1) is 21.3. The van der Waals surface area contributed by atoms with Gasteiger partial charge in [0.15, 0.2) is 0 Å². The predicted octanol–water partition coefficient (Wildman–Crippen LogP) is 1.62. The van der Waals surface area contributed by atoms with Crippen LogP contribution in [0.3, 0.4) is 0 Å². The molecular formula is C24H29N2O5+. The smallest absolute Gasteiger partial charge is 0.295 e. The van der Waals surface area contributed by atoms with Crippen LogP contribution >= 0.6 is 0 Å². The molecule has 2 aliphatic heterocycles. The largest absolute Gasteiger partial charge is 0.507 e. The van der Waals surface area contributed by atoms with Crippen molar-refractivity contribution in [1.82, 2.24) is 4.90 Å². The summed E-state index contributed by atoms with van der Waals surface area (Å²) in [6, 6.07) is 8.42. The predicted molar refractivity (Wildman–Crippen MR) is 115 cm³/mol. The number of hydrogen-bond donors (Lipinski definition) is 2. The first-order valence-electron chi connectivity index (χ1n) is 10.8. The number of likely N-dealkylation sites (tertiary alicyclic amines) is 1. The van der Waals surface area contributed by atoms with E-state index in [1.165, 1.54) is 16.1 Å². The van der Waals surface area contributed by atoms with Gasteiger partial charge in [-0.15, -0.1) is 0 Å². The third kappa shape index (κ3) is 4.29. The molecule has 0 bridgehead atoms. The molecule has 1 atom stereocenters. The normalized spacial score (nSPS) is 21.7. The summed E-state index contributed by atoms with van der Waals surface area (Å²) in [5, 5.41) is 11.2. The second-order valence-electron chi connectivity index (χ2n) is 8.29. The number of aliphatic hydroxyl groups is 1. The monoisotopic (exact) mass is 425 g/mol. The lowest BCUT2D eigenvalue weighted by Gasteiger charge is -2.26. The molecule has 1 aromatic heterocycles. The highest BCUT2D eigenvalue weighted by atomic mass is 16.5. The van der Waals surface area contributed by atoms with E-state index in [2.05, 4.69) is 0 Å². The number of nitrogens with zero attached hydrogens (tertiary/aromatic N) is 1. The van der Waals surface area contributed by atoms with Gasteiger partial charge in [-0.05, 0) is 37.6 Å². The molecule has 0 radical (unpaired) electrons. The molecule has 2 aromatic rings. The Bertz CT molecular complexity index is 989. The van der Waals surface area contributed by atoms with Crippen LogP contribution in [0.5, 0.6) is 0 Å². The van der Waals surface area contributed by atoms with Crippen molar-refractivity contribution in [1.29, 1.82) is 0 Å². The summed E-state index contributed by atoms with van der Waals surface area (Å²) >= 11 is 0. The number of amides is 1. The Hall–Kier alpha value is -2.90. The summed E-state index contributed by atoms with van der Waals surface area (Å²) in [5.41, 5.74) is 2.45. The van der Waals surface area contributed by atoms with Crippen LogP contribution in [-0.2, 0) is 14.3 Å². The number of ketones is 1. The summed E-state index contributed by atoms with van der Waals surface area (Å²) in [6.07, 6.45) is 2.27. The Morgan fingerprint density at radius 1 is 1.19 bits per heavy atom. The number of hydrogen-bond acceptors (Lipinski definition) is 5. The average Bonchev–Trinajstić information content (AvgIpc) is 3.38. The van der Waals surface area contributed by atoms with Crippen LogP contribution in [0.1, 0.15) is 34.9 Å². The maximum Gasteiger partial charge on any atom is 0.295 e. The number of morpholine rings is 1. The van der Waals surface area contributed by atoms with Gasteiger partial charge < -0.3 is 24.1 Å². The van der Waals surface area contributed by atoms with Gasteiger partial charge in [-0.25, -0.2) is 0 Å². The topological polar surface area (TPSA) is 84.4 Å². The highest BCUT2D eigenvalue weighted by Crippen LogP contribution is 2.40. The summed E-state index contributed by atoms with van der Waals surface area (Å²) in [5.74, 6) is -0.934. The molecule has 7 nitrogen and oxygen atoms in total. The van der Waals surface area contributed by atoms with E-state index in [9.17, 15) is 14.7 Å². The summed E-state index contributed by atoms with van der Waals surface area (Å²) in [6.45, 7) is 8.52. The lowest BCUT2D eigenvalue weighted by Crippen LogP contribution is -3.14. The van der Waals surface area contributed by atoms with Crippen molar-refractivity contribution in [2.45, 2.75) is 26.3 Å². The molecule has 0 unspecified atom stereocenters. The van der Waals surface area contributed by atoms with E-state index in [0.717, 1.165) is 50.4 Å². The standard InChI is InChI=1S/C24H28N2O5/c1-16-6-7-17(2)18(15-16)22(27)20-21(19-5-3-12-31-19)26(24(29)23(20)28)9-4-8-25-10-13-30-14-11-25/h3,5-7,12,15,21,27H,4,8-11,13-14H2,1-2H3/p+1/t21-/m0/s1. The first-order chi connectivity index (χ1) is 15.0. The molecule has 164 valence electrons. The van der Waals surface area contributed by atoms with E-state index in [0.29, 0.717) is 17.9 Å². The van der Waals surface area contributed by atoms with E-state index < -0.39 is 17.7 Å². The lowest BCUT2D eigenvalue weighted by atomic mass is 9.96. The molecule has 2 aliphatic rings. The Morgan fingerprint density at radius 3 is 2.68 bits per heavy atom. The molecule has 7 heteroatoms. The minimum absolute atomic E-state index is 0.0902. The number of benzene rings is 1. The van der Waals surface area contributed by atoms with Crippen molar-refractivity contribution in [2.75, 3.05) is 39.4 Å². The van der Waals surface area contributed by atoms with Gasteiger partial charge in [0.2, 0.25) is 0 Å². The minimum atomic E-state index is -0.727. The van der Waals surface area contributed by atoms with E-state index in [1.807, 2.05) is 32.0 Å². The zero-order chi connectivity index (χ0) is 22.0.